The van der Waals surface area contributed by atoms with E-state index in [1.807, 2.05) is 48.5 Å². The highest BCUT2D eigenvalue weighted by atomic mass is 16.5. The van der Waals surface area contributed by atoms with Crippen LogP contribution in [0.15, 0.2) is 72.8 Å². The Kier molecular flexibility index (Phi) is 11.4. The predicted molar refractivity (Wildman–Crippen MR) is 183 cm³/mol. The second-order valence-electron chi connectivity index (χ2n) is 12.3. The van der Waals surface area contributed by atoms with Crippen LogP contribution in [0.4, 0.5) is 0 Å². The van der Waals surface area contributed by atoms with Gasteiger partial charge in [-0.1, -0.05) is 24.3 Å². The van der Waals surface area contributed by atoms with Gasteiger partial charge in [0.05, 0.1) is 28.4 Å². The first-order valence-electron chi connectivity index (χ1n) is 16.1. The molecule has 48 heavy (non-hydrogen) atoms. The molecule has 0 spiro atoms. The van der Waals surface area contributed by atoms with Gasteiger partial charge in [0, 0.05) is 38.3 Å². The fraction of sp³-hybridized carbons (Fsp3) is 0.368. The van der Waals surface area contributed by atoms with Crippen molar-refractivity contribution >= 4 is 0 Å². The van der Waals surface area contributed by atoms with Crippen molar-refractivity contribution in [3.63, 3.8) is 0 Å². The number of benzene rings is 4. The van der Waals surface area contributed by atoms with Gasteiger partial charge in [-0.2, -0.15) is 0 Å². The average molecular weight is 659 g/mol. The Labute approximate surface area is 282 Å². The minimum atomic E-state index is 0.106. The van der Waals surface area contributed by atoms with Gasteiger partial charge in [-0.25, -0.2) is 0 Å². The van der Waals surface area contributed by atoms with Gasteiger partial charge in [-0.3, -0.25) is 9.80 Å². The lowest BCUT2D eigenvalue weighted by Gasteiger charge is -2.41. The molecule has 4 aromatic carbocycles. The molecule has 4 aromatic rings. The number of phenolic OH excluding ortho intramolecular Hbond substituents is 4. The lowest BCUT2D eigenvalue weighted by atomic mass is 9.88. The third kappa shape index (κ3) is 8.37. The van der Waals surface area contributed by atoms with Gasteiger partial charge < -0.3 is 39.4 Å². The van der Waals surface area contributed by atoms with Crippen LogP contribution in [0.3, 0.4) is 0 Å². The third-order valence-corrected chi connectivity index (χ3v) is 9.22. The van der Waals surface area contributed by atoms with Gasteiger partial charge in [0.1, 0.15) is 0 Å². The van der Waals surface area contributed by atoms with Gasteiger partial charge in [-0.05, 0) is 96.5 Å². The quantitative estimate of drug-likeness (QED) is 0.118. The van der Waals surface area contributed by atoms with Gasteiger partial charge >= 0.3 is 0 Å². The molecule has 1 fully saturated rings. The zero-order chi connectivity index (χ0) is 34.2. The van der Waals surface area contributed by atoms with Crippen LogP contribution in [0, 0.1) is 0 Å². The molecule has 0 bridgehead atoms. The van der Waals surface area contributed by atoms with E-state index in [1.54, 1.807) is 52.7 Å². The molecule has 0 aliphatic heterocycles. The minimum Gasteiger partial charge on any atom is -0.504 e. The third-order valence-electron chi connectivity index (χ3n) is 9.22. The molecular weight excluding hydrogens is 612 g/mol. The molecule has 0 heterocycles. The van der Waals surface area contributed by atoms with Crippen LogP contribution in [-0.2, 0) is 26.2 Å². The molecule has 10 heteroatoms. The normalized spacial score (nSPS) is 16.2. The maximum atomic E-state index is 10.2. The zero-order valence-electron chi connectivity index (χ0n) is 28.1. The Hall–Kier alpha value is -4.80. The Morgan fingerprint density at radius 2 is 0.667 bits per heavy atom. The van der Waals surface area contributed by atoms with Crippen molar-refractivity contribution in [3.8, 4) is 46.0 Å². The summed E-state index contributed by atoms with van der Waals surface area (Å²) in [4.78, 5) is 4.90. The molecular formula is C38H46N2O8. The average Bonchev–Trinajstić information content (AvgIpc) is 3.10. The number of methoxy groups -OCH3 is 4. The van der Waals surface area contributed by atoms with Crippen LogP contribution in [0.25, 0.3) is 0 Å². The fourth-order valence-electron chi connectivity index (χ4n) is 6.64. The van der Waals surface area contributed by atoms with E-state index in [4.69, 9.17) is 18.9 Å². The summed E-state index contributed by atoms with van der Waals surface area (Å²) in [5.74, 6) is 2.18. The molecule has 0 atom stereocenters. The van der Waals surface area contributed by atoms with Crippen molar-refractivity contribution in [3.05, 3.63) is 95.1 Å². The van der Waals surface area contributed by atoms with Crippen LogP contribution in [0.2, 0.25) is 0 Å². The van der Waals surface area contributed by atoms with E-state index in [0.29, 0.717) is 49.2 Å². The van der Waals surface area contributed by atoms with Gasteiger partial charge in [0.2, 0.25) is 0 Å². The molecule has 0 radical (unpaired) electrons. The SMILES string of the molecule is COc1cc(CN(Cc2ccc(O)c(OC)c2)C2CCC(N(Cc3ccc(O)c(OC)c3)Cc3ccc(O)c(OC)c3)CC2)ccc1O. The van der Waals surface area contributed by atoms with Crippen molar-refractivity contribution in [2.75, 3.05) is 28.4 Å². The number of hydrogen-bond donors (Lipinski definition) is 4. The highest BCUT2D eigenvalue weighted by Crippen LogP contribution is 2.35. The van der Waals surface area contributed by atoms with Gasteiger partial charge in [0.15, 0.2) is 46.0 Å². The van der Waals surface area contributed by atoms with Gasteiger partial charge in [0.25, 0.3) is 0 Å². The van der Waals surface area contributed by atoms with Crippen molar-refractivity contribution in [2.45, 2.75) is 63.9 Å². The van der Waals surface area contributed by atoms with Gasteiger partial charge in [-0.15, -0.1) is 0 Å². The second kappa shape index (κ2) is 15.9. The molecule has 1 aliphatic carbocycles. The van der Waals surface area contributed by atoms with E-state index in [9.17, 15) is 20.4 Å². The summed E-state index contributed by atoms with van der Waals surface area (Å²) in [5, 5.41) is 40.8. The summed E-state index contributed by atoms with van der Waals surface area (Å²) >= 11 is 0. The summed E-state index contributed by atoms with van der Waals surface area (Å²) in [5.41, 5.74) is 4.12. The number of nitrogens with zero attached hydrogens (tertiary/aromatic N) is 2. The molecule has 1 aliphatic rings. The summed E-state index contributed by atoms with van der Waals surface area (Å²) in [6, 6.07) is 22.5. The number of phenols is 4. The predicted octanol–water partition coefficient (Wildman–Crippen LogP) is 6.56. The molecule has 0 amide bonds. The van der Waals surface area contributed by atoms with E-state index >= 15 is 0 Å². The first kappa shape index (κ1) is 34.5. The largest absolute Gasteiger partial charge is 0.504 e. The molecule has 10 nitrogen and oxygen atoms in total. The lowest BCUT2D eigenvalue weighted by molar-refractivity contribution is 0.0781. The van der Waals surface area contributed by atoms with Crippen LogP contribution in [0.5, 0.6) is 46.0 Å². The monoisotopic (exact) mass is 658 g/mol. The standard InChI is InChI=1S/C38H46N2O8/c1-45-35-17-25(5-13-31(35)41)21-39(22-26-6-14-32(42)36(18-26)46-2)29-9-11-30(12-10-29)40(23-27-7-15-33(43)37(19-27)47-3)24-28-8-16-34(44)38(20-28)48-4/h5-8,13-20,29-30,41-44H,9-12,21-24H2,1-4H3. The fourth-order valence-corrected chi connectivity index (χ4v) is 6.64. The summed E-state index contributed by atoms with van der Waals surface area (Å²) in [6.07, 6.45) is 3.85. The van der Waals surface area contributed by atoms with E-state index in [-0.39, 0.29) is 35.1 Å². The number of rotatable bonds is 14. The van der Waals surface area contributed by atoms with Crippen molar-refractivity contribution in [2.24, 2.45) is 0 Å². The van der Waals surface area contributed by atoms with Crippen LogP contribution < -0.4 is 18.9 Å². The first-order valence-corrected chi connectivity index (χ1v) is 16.1. The Bertz CT molecular complexity index is 1440. The highest BCUT2D eigenvalue weighted by Gasteiger charge is 2.30. The number of ether oxygens (including phenoxy) is 4. The van der Waals surface area contributed by atoms with E-state index in [1.165, 1.54) is 0 Å². The first-order chi connectivity index (χ1) is 23.2. The smallest absolute Gasteiger partial charge is 0.160 e. The summed E-state index contributed by atoms with van der Waals surface area (Å²) in [6.45, 7) is 2.61. The Morgan fingerprint density at radius 3 is 0.875 bits per heavy atom. The zero-order valence-corrected chi connectivity index (χ0v) is 28.1. The van der Waals surface area contributed by atoms with Crippen molar-refractivity contribution in [1.82, 2.24) is 9.80 Å². The van der Waals surface area contributed by atoms with Crippen molar-refractivity contribution < 1.29 is 39.4 Å². The van der Waals surface area contributed by atoms with E-state index in [0.717, 1.165) is 47.9 Å². The maximum Gasteiger partial charge on any atom is 0.160 e. The number of hydrogen-bond acceptors (Lipinski definition) is 10. The summed E-state index contributed by atoms with van der Waals surface area (Å²) < 4.78 is 21.6. The Morgan fingerprint density at radius 1 is 0.438 bits per heavy atom. The van der Waals surface area contributed by atoms with Crippen LogP contribution in [-0.4, -0.2) is 70.7 Å². The lowest BCUT2D eigenvalue weighted by Crippen LogP contribution is -2.43. The number of aromatic hydroxyl groups is 4. The molecule has 1 saturated carbocycles. The molecule has 4 N–H and O–H groups in total. The highest BCUT2D eigenvalue weighted by molar-refractivity contribution is 5.44. The second-order valence-corrected chi connectivity index (χ2v) is 12.3. The molecule has 256 valence electrons. The van der Waals surface area contributed by atoms with E-state index < -0.39 is 0 Å². The Balaban J connectivity index is 1.38. The minimum absolute atomic E-state index is 0.106. The summed E-state index contributed by atoms with van der Waals surface area (Å²) in [7, 11) is 6.20. The van der Waals surface area contributed by atoms with Crippen LogP contribution >= 0.6 is 0 Å². The maximum absolute atomic E-state index is 10.2. The molecule has 0 saturated heterocycles. The molecule has 0 unspecified atom stereocenters. The molecule has 0 aromatic heterocycles. The topological polar surface area (TPSA) is 124 Å². The van der Waals surface area contributed by atoms with Crippen molar-refractivity contribution in [1.29, 1.82) is 0 Å². The molecule has 5 rings (SSSR count). The van der Waals surface area contributed by atoms with Crippen LogP contribution in [0.1, 0.15) is 47.9 Å². The van der Waals surface area contributed by atoms with E-state index in [2.05, 4.69) is 9.80 Å².